The number of anilines is 1. The van der Waals surface area contributed by atoms with Crippen LogP contribution in [0.3, 0.4) is 0 Å². The lowest BCUT2D eigenvalue weighted by atomic mass is 10.2. The van der Waals surface area contributed by atoms with Crippen molar-refractivity contribution < 1.29 is 0 Å². The van der Waals surface area contributed by atoms with Crippen molar-refractivity contribution in [2.24, 2.45) is 0 Å². The molecule has 0 spiro atoms. The first-order valence-electron chi connectivity index (χ1n) is 4.71. The minimum absolute atomic E-state index is 0.0416. The van der Waals surface area contributed by atoms with Crippen LogP contribution in [0.2, 0.25) is 0 Å². The lowest BCUT2D eigenvalue weighted by Gasteiger charge is -2.13. The summed E-state index contributed by atoms with van der Waals surface area (Å²) >= 11 is 6.78. The lowest BCUT2D eigenvalue weighted by molar-refractivity contribution is 0.752. The minimum atomic E-state index is 0.0416. The molecule has 1 unspecified atom stereocenters. The van der Waals surface area contributed by atoms with E-state index in [1.165, 1.54) is 0 Å². The van der Waals surface area contributed by atoms with Crippen LogP contribution in [0, 0.1) is 12.3 Å². The van der Waals surface area contributed by atoms with Gasteiger partial charge in [0.1, 0.15) is 5.82 Å². The van der Waals surface area contributed by atoms with Crippen molar-refractivity contribution in [3.05, 3.63) is 21.2 Å². The monoisotopic (exact) mass is 330 g/mol. The van der Waals surface area contributed by atoms with E-state index in [1.807, 2.05) is 6.07 Å². The van der Waals surface area contributed by atoms with Gasteiger partial charge in [-0.3, -0.25) is 0 Å². The second kappa shape index (κ2) is 6.14. The number of halogens is 2. The van der Waals surface area contributed by atoms with Crippen molar-refractivity contribution in [3.8, 4) is 12.3 Å². The van der Waals surface area contributed by atoms with E-state index >= 15 is 0 Å². The average Bonchev–Trinajstić information content (AvgIpc) is 2.21. The van der Waals surface area contributed by atoms with Gasteiger partial charge in [0.25, 0.3) is 0 Å². The molecule has 15 heavy (non-hydrogen) atoms. The van der Waals surface area contributed by atoms with Crippen molar-refractivity contribution in [1.29, 1.82) is 0 Å². The van der Waals surface area contributed by atoms with Crippen molar-refractivity contribution in [1.82, 2.24) is 4.98 Å². The standard InChI is InChI=1S/C11H12Br2N2/c1-3-5-9(4-2)15-11-10(13)6-8(12)7-14-11/h2,6-7,9H,3,5H2,1H3,(H,14,15). The summed E-state index contributed by atoms with van der Waals surface area (Å²) in [6.45, 7) is 2.11. The van der Waals surface area contributed by atoms with Gasteiger partial charge >= 0.3 is 0 Å². The van der Waals surface area contributed by atoms with E-state index in [4.69, 9.17) is 6.42 Å². The van der Waals surface area contributed by atoms with Crippen molar-refractivity contribution in [2.45, 2.75) is 25.8 Å². The molecule has 80 valence electrons. The van der Waals surface area contributed by atoms with Gasteiger partial charge in [0.05, 0.1) is 10.5 Å². The molecule has 1 N–H and O–H groups in total. The zero-order valence-electron chi connectivity index (χ0n) is 8.43. The zero-order chi connectivity index (χ0) is 11.3. The van der Waals surface area contributed by atoms with Crippen LogP contribution >= 0.6 is 31.9 Å². The van der Waals surface area contributed by atoms with Crippen LogP contribution in [0.4, 0.5) is 5.82 Å². The molecule has 1 aromatic heterocycles. The normalized spacial score (nSPS) is 11.9. The Hall–Kier alpha value is -0.530. The molecule has 0 amide bonds. The first-order valence-corrected chi connectivity index (χ1v) is 6.29. The third-order valence-corrected chi connectivity index (χ3v) is 2.94. The Morgan fingerprint density at radius 3 is 2.87 bits per heavy atom. The number of pyridine rings is 1. The predicted octanol–water partition coefficient (Wildman–Crippen LogP) is 3.82. The van der Waals surface area contributed by atoms with Gasteiger partial charge in [-0.15, -0.1) is 6.42 Å². The third-order valence-electron chi connectivity index (χ3n) is 1.90. The van der Waals surface area contributed by atoms with E-state index in [0.29, 0.717) is 0 Å². The second-order valence-electron chi connectivity index (χ2n) is 3.14. The van der Waals surface area contributed by atoms with Gasteiger partial charge in [0, 0.05) is 10.7 Å². The van der Waals surface area contributed by atoms with Crippen LogP contribution in [-0.2, 0) is 0 Å². The molecular weight excluding hydrogens is 320 g/mol. The van der Waals surface area contributed by atoms with Gasteiger partial charge in [-0.05, 0) is 44.3 Å². The van der Waals surface area contributed by atoms with Crippen LogP contribution in [0.5, 0.6) is 0 Å². The first kappa shape index (κ1) is 12.5. The smallest absolute Gasteiger partial charge is 0.141 e. The van der Waals surface area contributed by atoms with Crippen LogP contribution in [0.25, 0.3) is 0 Å². The molecule has 0 radical (unpaired) electrons. The van der Waals surface area contributed by atoms with Gasteiger partial charge in [0.15, 0.2) is 0 Å². The van der Waals surface area contributed by atoms with Gasteiger partial charge < -0.3 is 5.32 Å². The van der Waals surface area contributed by atoms with Gasteiger partial charge in [-0.2, -0.15) is 0 Å². The fourth-order valence-corrected chi connectivity index (χ4v) is 2.27. The average molecular weight is 332 g/mol. The summed E-state index contributed by atoms with van der Waals surface area (Å²) in [7, 11) is 0. The van der Waals surface area contributed by atoms with E-state index in [-0.39, 0.29) is 6.04 Å². The molecule has 1 rings (SSSR count). The molecule has 0 aliphatic heterocycles. The lowest BCUT2D eigenvalue weighted by Crippen LogP contribution is -2.17. The minimum Gasteiger partial charge on any atom is -0.356 e. The number of nitrogens with one attached hydrogen (secondary N) is 1. The Bertz CT molecular complexity index is 371. The highest BCUT2D eigenvalue weighted by Crippen LogP contribution is 2.24. The van der Waals surface area contributed by atoms with Crippen LogP contribution < -0.4 is 5.32 Å². The highest BCUT2D eigenvalue weighted by atomic mass is 79.9. The van der Waals surface area contributed by atoms with Gasteiger partial charge in [-0.1, -0.05) is 19.3 Å². The molecule has 1 atom stereocenters. The van der Waals surface area contributed by atoms with Gasteiger partial charge in [0.2, 0.25) is 0 Å². The Balaban J connectivity index is 2.76. The highest BCUT2D eigenvalue weighted by Gasteiger charge is 2.07. The molecular formula is C11H12Br2N2. The maximum absolute atomic E-state index is 5.42. The molecule has 2 nitrogen and oxygen atoms in total. The van der Waals surface area contributed by atoms with Crippen molar-refractivity contribution in [2.75, 3.05) is 5.32 Å². The summed E-state index contributed by atoms with van der Waals surface area (Å²) in [4.78, 5) is 4.25. The van der Waals surface area contributed by atoms with Crippen LogP contribution in [0.15, 0.2) is 21.2 Å². The summed E-state index contributed by atoms with van der Waals surface area (Å²) in [6, 6.07) is 1.98. The quantitative estimate of drug-likeness (QED) is 0.848. The number of hydrogen-bond acceptors (Lipinski definition) is 2. The summed E-state index contributed by atoms with van der Waals surface area (Å²) < 4.78 is 1.85. The molecule has 1 aromatic rings. The van der Waals surface area contributed by atoms with Crippen molar-refractivity contribution >= 4 is 37.7 Å². The number of hydrogen-bond donors (Lipinski definition) is 1. The molecule has 0 bridgehead atoms. The molecule has 0 fully saturated rings. The summed E-state index contributed by atoms with van der Waals surface area (Å²) in [6.07, 6.45) is 9.16. The molecule has 4 heteroatoms. The maximum Gasteiger partial charge on any atom is 0.141 e. The predicted molar refractivity (Wildman–Crippen MR) is 70.8 cm³/mol. The van der Waals surface area contributed by atoms with E-state index in [9.17, 15) is 0 Å². The van der Waals surface area contributed by atoms with E-state index in [0.717, 1.165) is 27.6 Å². The fraction of sp³-hybridized carbons (Fsp3) is 0.364. The molecule has 0 saturated heterocycles. The maximum atomic E-state index is 5.42. The van der Waals surface area contributed by atoms with Crippen molar-refractivity contribution in [3.63, 3.8) is 0 Å². The third kappa shape index (κ3) is 3.84. The Labute approximate surface area is 107 Å². The molecule has 0 aliphatic carbocycles. The SMILES string of the molecule is C#CC(CCC)Nc1ncc(Br)cc1Br. The Morgan fingerprint density at radius 2 is 2.33 bits per heavy atom. The second-order valence-corrected chi connectivity index (χ2v) is 4.91. The van der Waals surface area contributed by atoms with E-state index in [1.54, 1.807) is 6.20 Å². The largest absolute Gasteiger partial charge is 0.356 e. The fourth-order valence-electron chi connectivity index (χ4n) is 1.17. The van der Waals surface area contributed by atoms with E-state index in [2.05, 4.69) is 55.0 Å². The molecule has 0 aromatic carbocycles. The Morgan fingerprint density at radius 1 is 1.60 bits per heavy atom. The van der Waals surface area contributed by atoms with E-state index < -0.39 is 0 Å². The summed E-state index contributed by atoms with van der Waals surface area (Å²) in [5.41, 5.74) is 0. The first-order chi connectivity index (χ1) is 7.17. The van der Waals surface area contributed by atoms with Crippen LogP contribution in [-0.4, -0.2) is 11.0 Å². The molecule has 0 aliphatic rings. The number of rotatable bonds is 4. The summed E-state index contributed by atoms with van der Waals surface area (Å²) in [5.74, 6) is 3.50. The number of terminal acetylenes is 1. The summed E-state index contributed by atoms with van der Waals surface area (Å²) in [5, 5.41) is 3.21. The topological polar surface area (TPSA) is 24.9 Å². The molecule has 1 heterocycles. The zero-order valence-corrected chi connectivity index (χ0v) is 11.6. The Kier molecular flexibility index (Phi) is 5.13. The number of aromatic nitrogens is 1. The van der Waals surface area contributed by atoms with Gasteiger partial charge in [-0.25, -0.2) is 4.98 Å². The molecule has 0 saturated carbocycles. The highest BCUT2D eigenvalue weighted by molar-refractivity contribution is 9.11. The van der Waals surface area contributed by atoms with Crippen LogP contribution in [0.1, 0.15) is 19.8 Å². The number of nitrogens with zero attached hydrogens (tertiary/aromatic N) is 1.